The van der Waals surface area contributed by atoms with Crippen molar-refractivity contribution in [3.63, 3.8) is 0 Å². The topological polar surface area (TPSA) is 9.23 Å². The minimum absolute atomic E-state index is 0.598. The smallest absolute Gasteiger partial charge is 0.508 e. The molecule has 2 aromatic carbocycles. The van der Waals surface area contributed by atoms with Gasteiger partial charge in [-0.1, -0.05) is 63.6 Å². The van der Waals surface area contributed by atoms with Crippen molar-refractivity contribution >= 4 is 50.3 Å². The maximum Gasteiger partial charge on any atom is 0.555 e. The molecule has 0 aliphatic heterocycles. The minimum atomic E-state index is -3.07. The first-order chi connectivity index (χ1) is 7.04. The van der Waals surface area contributed by atoms with Crippen LogP contribution in [0, 0.1) is 0 Å². The molecule has 0 heterocycles. The van der Waals surface area contributed by atoms with Gasteiger partial charge in [0.25, 0.3) is 0 Å². The van der Waals surface area contributed by atoms with E-state index in [2.05, 4.69) is 0 Å². The van der Waals surface area contributed by atoms with E-state index in [-0.39, 0.29) is 0 Å². The summed E-state index contributed by atoms with van der Waals surface area (Å²) in [6.45, 7) is 0. The zero-order chi connectivity index (χ0) is 10.9. The third kappa shape index (κ3) is 3.02. The van der Waals surface area contributed by atoms with Crippen molar-refractivity contribution in [3.05, 3.63) is 42.5 Å². The van der Waals surface area contributed by atoms with Gasteiger partial charge < -0.3 is 4.43 Å². The highest BCUT2D eigenvalue weighted by atomic mass is 35.8. The molecule has 0 fully saturated rings. The maximum atomic E-state index is 5.67. The fraction of sp³-hybridized carbons (Fsp3) is 0. The molecule has 0 spiro atoms. The summed E-state index contributed by atoms with van der Waals surface area (Å²) in [6.07, 6.45) is -3.07. The predicted molar refractivity (Wildman–Crippen MR) is 67.9 cm³/mol. The monoisotopic (exact) mass is 276 g/mol. The molecule has 2 aromatic rings. The number of rotatable bonds is 2. The van der Waals surface area contributed by atoms with Crippen molar-refractivity contribution in [1.82, 2.24) is 0 Å². The van der Waals surface area contributed by atoms with Crippen LogP contribution in [-0.4, -0.2) is 6.25 Å². The molecule has 0 saturated carbocycles. The van der Waals surface area contributed by atoms with Crippen LogP contribution in [0.15, 0.2) is 42.5 Å². The lowest BCUT2D eigenvalue weighted by Gasteiger charge is -2.11. The van der Waals surface area contributed by atoms with Crippen LogP contribution < -0.4 is 4.43 Å². The quantitative estimate of drug-likeness (QED) is 0.585. The Hall–Kier alpha value is -0.413. The van der Waals surface area contributed by atoms with Gasteiger partial charge in [0.15, 0.2) is 0 Å². The third-order valence-electron chi connectivity index (χ3n) is 1.95. The minimum Gasteiger partial charge on any atom is -0.508 e. The summed E-state index contributed by atoms with van der Waals surface area (Å²) in [5.74, 6) is 0.598. The lowest BCUT2D eigenvalue weighted by molar-refractivity contribution is 0.597. The van der Waals surface area contributed by atoms with Gasteiger partial charge in [0.2, 0.25) is 0 Å². The Kier molecular flexibility index (Phi) is 3.12. The lowest BCUT2D eigenvalue weighted by atomic mass is 10.1. The van der Waals surface area contributed by atoms with E-state index in [4.69, 9.17) is 37.7 Å². The molecule has 0 atom stereocenters. The summed E-state index contributed by atoms with van der Waals surface area (Å²) in [6, 6.07) is 13.6. The average molecular weight is 278 g/mol. The second-order valence-corrected chi connectivity index (χ2v) is 10.7. The fourth-order valence-corrected chi connectivity index (χ4v) is 2.56. The highest BCUT2D eigenvalue weighted by Gasteiger charge is 2.30. The van der Waals surface area contributed by atoms with Gasteiger partial charge in [-0.3, -0.25) is 0 Å². The van der Waals surface area contributed by atoms with E-state index in [1.165, 1.54) is 0 Å². The van der Waals surface area contributed by atoms with E-state index >= 15 is 0 Å². The molecule has 0 bridgehead atoms. The molecule has 0 aromatic heterocycles. The standard InChI is InChI=1S/C10H7Cl3OSi/c11-15(12,13)14-10-6-5-8-3-1-2-4-9(8)7-10/h1-7H. The van der Waals surface area contributed by atoms with Crippen LogP contribution in [0.4, 0.5) is 0 Å². The maximum absolute atomic E-state index is 5.67. The first-order valence-corrected chi connectivity index (χ1v) is 9.23. The Morgan fingerprint density at radius 2 is 1.53 bits per heavy atom. The Balaban J connectivity index is 2.39. The van der Waals surface area contributed by atoms with Crippen molar-refractivity contribution in [2.45, 2.75) is 0 Å². The Labute approximate surface area is 103 Å². The second kappa shape index (κ2) is 4.22. The summed E-state index contributed by atoms with van der Waals surface area (Å²) in [5, 5.41) is 2.20. The molecule has 0 aliphatic rings. The van der Waals surface area contributed by atoms with E-state index in [0.29, 0.717) is 5.75 Å². The number of hydrogen-bond donors (Lipinski definition) is 0. The Morgan fingerprint density at radius 3 is 2.20 bits per heavy atom. The average Bonchev–Trinajstić information content (AvgIpc) is 2.15. The highest BCUT2D eigenvalue weighted by Crippen LogP contribution is 2.27. The fourth-order valence-electron chi connectivity index (χ4n) is 1.36. The summed E-state index contributed by atoms with van der Waals surface area (Å²) < 4.78 is 5.24. The SMILES string of the molecule is Cl[Si](Cl)(Cl)Oc1ccc2ccccc2c1. The molecular formula is C10H7Cl3OSi. The Morgan fingerprint density at radius 1 is 0.867 bits per heavy atom. The number of halogens is 3. The third-order valence-corrected chi connectivity index (χ3v) is 3.12. The summed E-state index contributed by atoms with van der Waals surface area (Å²) in [7, 11) is 0. The molecule has 1 nitrogen and oxygen atoms in total. The molecule has 0 N–H and O–H groups in total. The van der Waals surface area contributed by atoms with Gasteiger partial charge in [-0.15, -0.1) is 0 Å². The van der Waals surface area contributed by atoms with Crippen molar-refractivity contribution in [3.8, 4) is 5.75 Å². The summed E-state index contributed by atoms with van der Waals surface area (Å²) in [4.78, 5) is 0. The number of fused-ring (bicyclic) bond motifs is 1. The van der Waals surface area contributed by atoms with Crippen LogP contribution in [0.1, 0.15) is 0 Å². The molecule has 0 saturated heterocycles. The van der Waals surface area contributed by atoms with Crippen LogP contribution >= 0.6 is 33.2 Å². The van der Waals surface area contributed by atoms with Crippen molar-refractivity contribution in [2.24, 2.45) is 0 Å². The van der Waals surface area contributed by atoms with Crippen molar-refractivity contribution in [2.75, 3.05) is 0 Å². The summed E-state index contributed by atoms with van der Waals surface area (Å²) >= 11 is 17.0. The highest BCUT2D eigenvalue weighted by molar-refractivity contribution is 7.62. The molecule has 0 radical (unpaired) electrons. The summed E-state index contributed by atoms with van der Waals surface area (Å²) in [5.41, 5.74) is 0. The predicted octanol–water partition coefficient (Wildman–Crippen LogP) is 4.37. The second-order valence-electron chi connectivity index (χ2n) is 3.06. The first-order valence-electron chi connectivity index (χ1n) is 4.29. The van der Waals surface area contributed by atoms with Gasteiger partial charge in [0, 0.05) is 0 Å². The normalized spacial score (nSPS) is 11.7. The number of benzene rings is 2. The van der Waals surface area contributed by atoms with Gasteiger partial charge in [-0.05, 0) is 22.9 Å². The van der Waals surface area contributed by atoms with Gasteiger partial charge in [-0.2, -0.15) is 0 Å². The van der Waals surface area contributed by atoms with Crippen LogP contribution in [0.5, 0.6) is 5.75 Å². The molecule has 0 amide bonds. The van der Waals surface area contributed by atoms with E-state index < -0.39 is 6.25 Å². The molecular weight excluding hydrogens is 271 g/mol. The van der Waals surface area contributed by atoms with Crippen LogP contribution in [0.25, 0.3) is 10.8 Å². The van der Waals surface area contributed by atoms with Crippen LogP contribution in [-0.2, 0) is 0 Å². The van der Waals surface area contributed by atoms with Crippen LogP contribution in [0.2, 0.25) is 0 Å². The van der Waals surface area contributed by atoms with Crippen molar-refractivity contribution in [1.29, 1.82) is 0 Å². The van der Waals surface area contributed by atoms with Gasteiger partial charge in [0.05, 0.1) is 0 Å². The molecule has 5 heteroatoms. The van der Waals surface area contributed by atoms with E-state index in [1.807, 2.05) is 36.4 Å². The van der Waals surface area contributed by atoms with Gasteiger partial charge >= 0.3 is 6.25 Å². The number of hydrogen-bond acceptors (Lipinski definition) is 1. The molecule has 2 rings (SSSR count). The largest absolute Gasteiger partial charge is 0.555 e. The van der Waals surface area contributed by atoms with Crippen molar-refractivity contribution < 1.29 is 4.43 Å². The van der Waals surface area contributed by atoms with E-state index in [1.54, 1.807) is 6.07 Å². The Bertz CT molecular complexity index is 481. The molecule has 78 valence electrons. The molecule has 0 aliphatic carbocycles. The van der Waals surface area contributed by atoms with Gasteiger partial charge in [-0.25, -0.2) is 0 Å². The lowest BCUT2D eigenvalue weighted by Crippen LogP contribution is -2.19. The van der Waals surface area contributed by atoms with E-state index in [9.17, 15) is 0 Å². The molecule has 0 unspecified atom stereocenters. The molecule has 15 heavy (non-hydrogen) atoms. The van der Waals surface area contributed by atoms with Crippen LogP contribution in [0.3, 0.4) is 0 Å². The zero-order valence-electron chi connectivity index (χ0n) is 7.58. The first kappa shape index (κ1) is 11.1. The van der Waals surface area contributed by atoms with E-state index in [0.717, 1.165) is 10.8 Å². The zero-order valence-corrected chi connectivity index (χ0v) is 10.9. The van der Waals surface area contributed by atoms with Gasteiger partial charge in [0.1, 0.15) is 5.75 Å².